The van der Waals surface area contributed by atoms with E-state index in [-0.39, 0.29) is 45.1 Å². The number of benzene rings is 5. The third-order valence-corrected chi connectivity index (χ3v) is 9.54. The molecule has 5 aromatic rings. The first-order chi connectivity index (χ1) is 27.1. The standard InChI is InChI=1S/C47H49NO7/c1-3-29-47(44(46(49)50-2)48-30-36-19-9-4-10-20-36)45(54-34-40-27-17-8-18-28-40)43(53-33-39-25-15-7-16-26-39)42(52-32-38-23-13-6-14-24-38)41(55-47)35-51-31-37-21-11-5-12-22-37/h3-28,41-43,45H,1,29-35H2,2H3/t41?,42-,43+,45?,47-/m0/s1. The van der Waals surface area contributed by atoms with Crippen molar-refractivity contribution in [1.29, 1.82) is 0 Å². The van der Waals surface area contributed by atoms with Gasteiger partial charge in [0.2, 0.25) is 0 Å². The summed E-state index contributed by atoms with van der Waals surface area (Å²) in [5.41, 5.74) is 3.37. The van der Waals surface area contributed by atoms with E-state index in [2.05, 4.69) is 6.58 Å². The van der Waals surface area contributed by atoms with E-state index in [1.165, 1.54) is 7.11 Å². The van der Waals surface area contributed by atoms with Crippen LogP contribution in [0.3, 0.4) is 0 Å². The lowest BCUT2D eigenvalue weighted by Crippen LogP contribution is -2.70. The van der Waals surface area contributed by atoms with Gasteiger partial charge in [-0.25, -0.2) is 4.79 Å². The highest BCUT2D eigenvalue weighted by Gasteiger charge is 2.60. The van der Waals surface area contributed by atoms with Crippen molar-refractivity contribution in [3.8, 4) is 0 Å². The number of methoxy groups -OCH3 is 1. The summed E-state index contributed by atoms with van der Waals surface area (Å²) in [5, 5.41) is 0. The van der Waals surface area contributed by atoms with Gasteiger partial charge < -0.3 is 28.4 Å². The second-order valence-electron chi connectivity index (χ2n) is 13.4. The quantitative estimate of drug-likeness (QED) is 0.0477. The predicted octanol–water partition coefficient (Wildman–Crippen LogP) is 8.49. The van der Waals surface area contributed by atoms with Crippen molar-refractivity contribution in [2.45, 2.75) is 69.4 Å². The van der Waals surface area contributed by atoms with Crippen LogP contribution in [0.5, 0.6) is 0 Å². The zero-order valence-corrected chi connectivity index (χ0v) is 31.3. The minimum Gasteiger partial charge on any atom is -0.464 e. The van der Waals surface area contributed by atoms with Gasteiger partial charge >= 0.3 is 5.97 Å². The summed E-state index contributed by atoms with van der Waals surface area (Å²) in [6.45, 7) is 5.53. The van der Waals surface area contributed by atoms with Crippen LogP contribution in [0.4, 0.5) is 0 Å². The number of nitrogens with zero attached hydrogens (tertiary/aromatic N) is 1. The molecule has 0 aromatic heterocycles. The zero-order chi connectivity index (χ0) is 38.1. The monoisotopic (exact) mass is 739 g/mol. The number of esters is 1. The van der Waals surface area contributed by atoms with Crippen LogP contribution in [0.1, 0.15) is 34.2 Å². The molecule has 5 aromatic carbocycles. The minimum absolute atomic E-state index is 0.0692. The lowest BCUT2D eigenvalue weighted by atomic mass is 9.78. The van der Waals surface area contributed by atoms with Gasteiger partial charge in [0.1, 0.15) is 30.0 Å². The molecule has 0 saturated carbocycles. The highest BCUT2D eigenvalue weighted by Crippen LogP contribution is 2.41. The molecule has 1 saturated heterocycles. The molecule has 1 aliphatic heterocycles. The molecule has 0 amide bonds. The van der Waals surface area contributed by atoms with Crippen molar-refractivity contribution in [3.63, 3.8) is 0 Å². The van der Waals surface area contributed by atoms with Gasteiger partial charge in [0.05, 0.1) is 46.7 Å². The molecular weight excluding hydrogens is 691 g/mol. The maximum absolute atomic E-state index is 14.1. The first-order valence-electron chi connectivity index (χ1n) is 18.6. The molecule has 0 bridgehead atoms. The Morgan fingerprint density at radius 3 is 1.55 bits per heavy atom. The first-order valence-corrected chi connectivity index (χ1v) is 18.6. The molecule has 284 valence electrons. The molecule has 5 atom stereocenters. The normalized spacial score (nSPS) is 21.1. The predicted molar refractivity (Wildman–Crippen MR) is 213 cm³/mol. The van der Waals surface area contributed by atoms with Crippen LogP contribution >= 0.6 is 0 Å². The molecule has 8 heteroatoms. The zero-order valence-electron chi connectivity index (χ0n) is 31.3. The second kappa shape index (κ2) is 20.5. The molecule has 1 fully saturated rings. The first kappa shape index (κ1) is 39.5. The van der Waals surface area contributed by atoms with Crippen LogP contribution in [0, 0.1) is 0 Å². The fourth-order valence-corrected chi connectivity index (χ4v) is 6.84. The van der Waals surface area contributed by atoms with Gasteiger partial charge in [-0.3, -0.25) is 4.99 Å². The lowest BCUT2D eigenvalue weighted by molar-refractivity contribution is -0.289. The second-order valence-corrected chi connectivity index (χ2v) is 13.4. The van der Waals surface area contributed by atoms with E-state index in [0.717, 1.165) is 27.8 Å². The average molecular weight is 740 g/mol. The summed E-state index contributed by atoms with van der Waals surface area (Å²) < 4.78 is 39.9. The Labute approximate surface area is 324 Å². The van der Waals surface area contributed by atoms with Gasteiger partial charge in [0, 0.05) is 6.42 Å². The summed E-state index contributed by atoms with van der Waals surface area (Å²) in [6, 6.07) is 49.5. The van der Waals surface area contributed by atoms with E-state index in [1.54, 1.807) is 6.08 Å². The SMILES string of the molecule is C=CC[C@@]1(C(=NCc2ccccc2)C(=O)OC)OC(COCc2ccccc2)[C@H](OCc2ccccc2)[C@@H](OCc2ccccc2)C1OCc1ccccc1. The fraction of sp³-hybridized carbons (Fsp3) is 0.277. The van der Waals surface area contributed by atoms with Gasteiger partial charge in [-0.1, -0.05) is 158 Å². The summed E-state index contributed by atoms with van der Waals surface area (Å²) in [7, 11) is 1.35. The van der Waals surface area contributed by atoms with Crippen LogP contribution in [0.2, 0.25) is 0 Å². The minimum atomic E-state index is -1.52. The van der Waals surface area contributed by atoms with Crippen molar-refractivity contribution in [1.82, 2.24) is 0 Å². The van der Waals surface area contributed by atoms with Gasteiger partial charge in [-0.15, -0.1) is 6.58 Å². The van der Waals surface area contributed by atoms with Crippen LogP contribution in [-0.2, 0) is 66.2 Å². The Kier molecular flexibility index (Phi) is 14.7. The number of aliphatic imine (C=N–C) groups is 1. The number of carbonyl (C=O) groups is 1. The largest absolute Gasteiger partial charge is 0.464 e. The number of carbonyl (C=O) groups excluding carboxylic acids is 1. The molecule has 6 rings (SSSR count). The van der Waals surface area contributed by atoms with E-state index in [0.29, 0.717) is 6.61 Å². The maximum atomic E-state index is 14.1. The highest BCUT2D eigenvalue weighted by atomic mass is 16.6. The molecule has 2 unspecified atom stereocenters. The van der Waals surface area contributed by atoms with E-state index < -0.39 is 36.0 Å². The maximum Gasteiger partial charge on any atom is 0.355 e. The summed E-state index contributed by atoms with van der Waals surface area (Å²) in [5.74, 6) is -0.638. The number of rotatable bonds is 19. The highest BCUT2D eigenvalue weighted by molar-refractivity contribution is 6.40. The third kappa shape index (κ3) is 10.7. The van der Waals surface area contributed by atoms with E-state index in [1.807, 2.05) is 152 Å². The van der Waals surface area contributed by atoms with Crippen molar-refractivity contribution >= 4 is 11.7 Å². The molecule has 8 nitrogen and oxygen atoms in total. The van der Waals surface area contributed by atoms with Crippen molar-refractivity contribution in [2.24, 2.45) is 4.99 Å². The fourth-order valence-electron chi connectivity index (χ4n) is 6.84. The molecule has 0 N–H and O–H groups in total. The molecule has 0 spiro atoms. The number of hydrogen-bond acceptors (Lipinski definition) is 8. The molecule has 1 aliphatic rings. The van der Waals surface area contributed by atoms with Crippen LogP contribution < -0.4 is 0 Å². The lowest BCUT2D eigenvalue weighted by Gasteiger charge is -2.52. The van der Waals surface area contributed by atoms with Gasteiger partial charge in [0.15, 0.2) is 5.71 Å². The van der Waals surface area contributed by atoms with Crippen LogP contribution in [0.15, 0.2) is 169 Å². The number of ether oxygens (including phenoxy) is 6. The summed E-state index contributed by atoms with van der Waals surface area (Å²) >= 11 is 0. The molecule has 55 heavy (non-hydrogen) atoms. The van der Waals surface area contributed by atoms with Gasteiger partial charge in [-0.05, 0) is 27.8 Å². The van der Waals surface area contributed by atoms with Crippen LogP contribution in [-0.4, -0.2) is 55.4 Å². The Hall–Kier alpha value is -5.22. The van der Waals surface area contributed by atoms with Gasteiger partial charge in [-0.2, -0.15) is 0 Å². The Bertz CT molecular complexity index is 1910. The van der Waals surface area contributed by atoms with Gasteiger partial charge in [0.25, 0.3) is 0 Å². The Morgan fingerprint density at radius 2 is 1.07 bits per heavy atom. The Balaban J connectivity index is 1.47. The van der Waals surface area contributed by atoms with Crippen molar-refractivity contribution in [2.75, 3.05) is 13.7 Å². The van der Waals surface area contributed by atoms with Crippen molar-refractivity contribution in [3.05, 3.63) is 192 Å². The van der Waals surface area contributed by atoms with Crippen LogP contribution in [0.25, 0.3) is 0 Å². The van der Waals surface area contributed by atoms with E-state index >= 15 is 0 Å². The third-order valence-electron chi connectivity index (χ3n) is 9.54. The van der Waals surface area contributed by atoms with E-state index in [9.17, 15) is 4.79 Å². The topological polar surface area (TPSA) is 84.8 Å². The average Bonchev–Trinajstić information content (AvgIpc) is 3.24. The molecule has 0 radical (unpaired) electrons. The summed E-state index contributed by atoms with van der Waals surface area (Å²) in [4.78, 5) is 19.1. The Morgan fingerprint density at radius 1 is 0.636 bits per heavy atom. The number of hydrogen-bond donors (Lipinski definition) is 0. The summed E-state index contributed by atoms with van der Waals surface area (Å²) in [6.07, 6.45) is -1.27. The smallest absolute Gasteiger partial charge is 0.355 e. The molecular formula is C47H49NO7. The van der Waals surface area contributed by atoms with Crippen molar-refractivity contribution < 1.29 is 33.2 Å². The molecule has 1 heterocycles. The molecule has 0 aliphatic carbocycles. The van der Waals surface area contributed by atoms with E-state index in [4.69, 9.17) is 33.4 Å².